The van der Waals surface area contributed by atoms with Crippen LogP contribution in [0.15, 0.2) is 24.3 Å². The summed E-state index contributed by atoms with van der Waals surface area (Å²) in [6.45, 7) is 2.14. The van der Waals surface area contributed by atoms with Crippen molar-refractivity contribution in [2.45, 2.75) is 13.3 Å². The second kappa shape index (κ2) is 3.25. The predicted octanol–water partition coefficient (Wildman–Crippen LogP) is 2.11. The largest absolute Gasteiger partial charge is 0.288 e. The van der Waals surface area contributed by atoms with Crippen molar-refractivity contribution in [3.05, 3.63) is 29.8 Å². The number of benzene rings is 1. The molecule has 0 aliphatic heterocycles. The van der Waals surface area contributed by atoms with Crippen LogP contribution in [-0.4, -0.2) is 7.05 Å². The zero-order valence-electron chi connectivity index (χ0n) is 6.46. The fourth-order valence-electron chi connectivity index (χ4n) is 1.03. The van der Waals surface area contributed by atoms with Gasteiger partial charge >= 0.3 is 0 Å². The van der Waals surface area contributed by atoms with Crippen LogP contribution in [0.2, 0.25) is 0 Å². The van der Waals surface area contributed by atoms with Crippen LogP contribution in [0.25, 0.3) is 0 Å². The minimum absolute atomic E-state index is 1.06. The fraction of sp³-hybridized carbons (Fsp3) is 0.333. The van der Waals surface area contributed by atoms with E-state index in [9.17, 15) is 0 Å². The highest BCUT2D eigenvalue weighted by molar-refractivity contribution is 5.44. The molecule has 0 aliphatic carbocycles. The number of nitrogens with zero attached hydrogens (tertiary/aromatic N) is 1. The standard InChI is InChI=1S/C9H12N/c1-3-8-6-4-5-7-9(8)10-2/h4-7H,3H2,1-2H3. The number of hydrogen-bond acceptors (Lipinski definition) is 0. The second-order valence-electron chi connectivity index (χ2n) is 2.21. The van der Waals surface area contributed by atoms with Gasteiger partial charge in [0.1, 0.15) is 0 Å². The third kappa shape index (κ3) is 1.29. The van der Waals surface area contributed by atoms with Crippen molar-refractivity contribution < 1.29 is 0 Å². The molecule has 0 saturated carbocycles. The molecule has 0 spiro atoms. The van der Waals surface area contributed by atoms with Gasteiger partial charge in [-0.15, -0.1) is 0 Å². The zero-order chi connectivity index (χ0) is 7.40. The summed E-state index contributed by atoms with van der Waals surface area (Å²) in [7, 11) is 1.83. The molecule has 0 heterocycles. The van der Waals surface area contributed by atoms with Crippen LogP contribution >= 0.6 is 0 Å². The smallest absolute Gasteiger partial charge is 0.0602 e. The summed E-state index contributed by atoms with van der Waals surface area (Å²) in [6, 6.07) is 8.22. The Morgan fingerprint density at radius 3 is 2.50 bits per heavy atom. The van der Waals surface area contributed by atoms with Gasteiger partial charge < -0.3 is 0 Å². The Bertz CT molecular complexity index is 183. The number of hydrogen-bond donors (Lipinski definition) is 0. The molecule has 1 radical (unpaired) electrons. The van der Waals surface area contributed by atoms with Crippen molar-refractivity contribution in [3.8, 4) is 0 Å². The third-order valence-electron chi connectivity index (χ3n) is 1.61. The van der Waals surface area contributed by atoms with Gasteiger partial charge in [-0.25, -0.2) is 0 Å². The van der Waals surface area contributed by atoms with E-state index in [1.807, 2.05) is 25.2 Å². The average molecular weight is 134 g/mol. The van der Waals surface area contributed by atoms with Crippen LogP contribution in [0.4, 0.5) is 5.69 Å². The molecule has 0 unspecified atom stereocenters. The molecule has 0 amide bonds. The molecule has 0 aromatic heterocycles. The minimum atomic E-state index is 1.06. The first-order valence-electron chi connectivity index (χ1n) is 3.56. The van der Waals surface area contributed by atoms with Crippen LogP contribution in [0, 0.1) is 0 Å². The lowest BCUT2D eigenvalue weighted by atomic mass is 10.1. The molecule has 1 aromatic carbocycles. The van der Waals surface area contributed by atoms with Crippen molar-refractivity contribution in [2.75, 3.05) is 7.05 Å². The van der Waals surface area contributed by atoms with Gasteiger partial charge in [0.25, 0.3) is 0 Å². The summed E-state index contributed by atoms with van der Waals surface area (Å²) >= 11 is 0. The van der Waals surface area contributed by atoms with Crippen molar-refractivity contribution in [1.82, 2.24) is 5.32 Å². The average Bonchev–Trinajstić information content (AvgIpc) is 2.04. The second-order valence-corrected chi connectivity index (χ2v) is 2.21. The molecule has 0 atom stereocenters. The Kier molecular flexibility index (Phi) is 2.32. The van der Waals surface area contributed by atoms with E-state index in [-0.39, 0.29) is 0 Å². The van der Waals surface area contributed by atoms with Crippen molar-refractivity contribution in [2.24, 2.45) is 0 Å². The normalized spacial score (nSPS) is 9.40. The maximum atomic E-state index is 4.14. The molecule has 53 valence electrons. The summed E-state index contributed by atoms with van der Waals surface area (Å²) in [5.41, 5.74) is 2.44. The summed E-state index contributed by atoms with van der Waals surface area (Å²) in [4.78, 5) is 0. The molecule has 0 N–H and O–H groups in total. The van der Waals surface area contributed by atoms with E-state index in [4.69, 9.17) is 0 Å². The van der Waals surface area contributed by atoms with E-state index >= 15 is 0 Å². The van der Waals surface area contributed by atoms with E-state index in [1.54, 1.807) is 0 Å². The minimum Gasteiger partial charge on any atom is -0.288 e. The van der Waals surface area contributed by atoms with Gasteiger partial charge in [0.15, 0.2) is 0 Å². The first-order chi connectivity index (χ1) is 4.88. The molecule has 0 fully saturated rings. The summed E-state index contributed by atoms with van der Waals surface area (Å²) in [6.07, 6.45) is 1.06. The fourth-order valence-corrected chi connectivity index (χ4v) is 1.03. The molecule has 0 bridgehead atoms. The Balaban J connectivity index is 2.96. The highest BCUT2D eigenvalue weighted by Crippen LogP contribution is 2.13. The van der Waals surface area contributed by atoms with Crippen LogP contribution in [-0.2, 0) is 6.42 Å². The topological polar surface area (TPSA) is 14.1 Å². The van der Waals surface area contributed by atoms with E-state index in [2.05, 4.69) is 18.3 Å². The summed E-state index contributed by atoms with van der Waals surface area (Å²) in [5.74, 6) is 0. The van der Waals surface area contributed by atoms with E-state index < -0.39 is 0 Å². The lowest BCUT2D eigenvalue weighted by molar-refractivity contribution is 1.03. The lowest BCUT2D eigenvalue weighted by Gasteiger charge is -2.02. The Morgan fingerprint density at radius 1 is 1.30 bits per heavy atom. The van der Waals surface area contributed by atoms with Gasteiger partial charge in [-0.3, -0.25) is 5.32 Å². The van der Waals surface area contributed by atoms with E-state index in [0.29, 0.717) is 0 Å². The number of para-hydroxylation sites is 1. The maximum absolute atomic E-state index is 4.14. The lowest BCUT2D eigenvalue weighted by Crippen LogP contribution is -1.91. The van der Waals surface area contributed by atoms with Gasteiger partial charge in [0.2, 0.25) is 0 Å². The number of aryl methyl sites for hydroxylation is 1. The van der Waals surface area contributed by atoms with Gasteiger partial charge in [0.05, 0.1) is 5.69 Å². The first kappa shape index (κ1) is 7.13. The molecule has 1 nitrogen and oxygen atoms in total. The van der Waals surface area contributed by atoms with Crippen LogP contribution in [0.3, 0.4) is 0 Å². The van der Waals surface area contributed by atoms with Gasteiger partial charge in [-0.2, -0.15) is 0 Å². The zero-order valence-corrected chi connectivity index (χ0v) is 6.46. The van der Waals surface area contributed by atoms with E-state index in [0.717, 1.165) is 12.1 Å². The summed E-state index contributed by atoms with van der Waals surface area (Å²) in [5, 5.41) is 4.14. The first-order valence-corrected chi connectivity index (χ1v) is 3.56. The molecule has 0 saturated heterocycles. The molecule has 1 heteroatoms. The summed E-state index contributed by atoms with van der Waals surface area (Å²) < 4.78 is 0. The van der Waals surface area contributed by atoms with Crippen LogP contribution in [0.1, 0.15) is 12.5 Å². The highest BCUT2D eigenvalue weighted by atomic mass is 14.8. The SMILES string of the molecule is CCc1ccccc1[N]C. The van der Waals surface area contributed by atoms with Gasteiger partial charge in [-0.05, 0) is 18.1 Å². The monoisotopic (exact) mass is 134 g/mol. The van der Waals surface area contributed by atoms with Crippen LogP contribution in [0.5, 0.6) is 0 Å². The highest BCUT2D eigenvalue weighted by Gasteiger charge is 1.94. The molecular weight excluding hydrogens is 122 g/mol. The molecular formula is C9H12N. The molecule has 10 heavy (non-hydrogen) atoms. The number of rotatable bonds is 2. The van der Waals surface area contributed by atoms with Gasteiger partial charge in [-0.1, -0.05) is 25.1 Å². The molecule has 1 aromatic rings. The van der Waals surface area contributed by atoms with Gasteiger partial charge in [0, 0.05) is 7.05 Å². The van der Waals surface area contributed by atoms with E-state index in [1.165, 1.54) is 5.56 Å². The Morgan fingerprint density at radius 2 is 2.00 bits per heavy atom. The molecule has 1 rings (SSSR count). The quantitative estimate of drug-likeness (QED) is 0.588. The Labute approximate surface area is 62.1 Å². The van der Waals surface area contributed by atoms with Crippen LogP contribution < -0.4 is 5.32 Å². The van der Waals surface area contributed by atoms with Crippen molar-refractivity contribution in [3.63, 3.8) is 0 Å². The maximum Gasteiger partial charge on any atom is 0.0602 e. The third-order valence-corrected chi connectivity index (χ3v) is 1.61. The molecule has 0 aliphatic rings. The Hall–Kier alpha value is -0.980. The van der Waals surface area contributed by atoms with Crippen molar-refractivity contribution in [1.29, 1.82) is 0 Å². The predicted molar refractivity (Wildman–Crippen MR) is 43.5 cm³/mol. The van der Waals surface area contributed by atoms with Crippen molar-refractivity contribution >= 4 is 5.69 Å².